The lowest BCUT2D eigenvalue weighted by atomic mass is 9.93. The molecule has 25 heavy (non-hydrogen) atoms. The Kier molecular flexibility index (Phi) is 6.42. The highest BCUT2D eigenvalue weighted by atomic mass is 16.5. The van der Waals surface area contributed by atoms with Crippen LogP contribution in [0.2, 0.25) is 0 Å². The Labute approximate surface area is 149 Å². The van der Waals surface area contributed by atoms with Gasteiger partial charge in [-0.2, -0.15) is 0 Å². The molecule has 1 amide bonds. The largest absolute Gasteiger partial charge is 0.494 e. The molecule has 0 aromatic heterocycles. The van der Waals surface area contributed by atoms with Gasteiger partial charge in [-0.3, -0.25) is 9.59 Å². The molecule has 2 atom stereocenters. The zero-order chi connectivity index (χ0) is 18.6. The third-order valence-electron chi connectivity index (χ3n) is 4.83. The first-order chi connectivity index (χ1) is 11.8. The van der Waals surface area contributed by atoms with Gasteiger partial charge in [0.25, 0.3) is 0 Å². The zero-order valence-electron chi connectivity index (χ0n) is 15.4. The Bertz CT molecular complexity index is 617. The molecule has 2 rings (SSSR count). The van der Waals surface area contributed by atoms with E-state index in [2.05, 4.69) is 18.7 Å². The monoisotopic (exact) mass is 348 g/mol. The van der Waals surface area contributed by atoms with Gasteiger partial charge in [-0.1, -0.05) is 12.1 Å². The van der Waals surface area contributed by atoms with E-state index in [1.807, 2.05) is 38.2 Å². The van der Waals surface area contributed by atoms with Crippen molar-refractivity contribution in [2.24, 2.45) is 5.92 Å². The van der Waals surface area contributed by atoms with Crippen LogP contribution in [0.1, 0.15) is 38.8 Å². The quantitative estimate of drug-likeness (QED) is 0.781. The van der Waals surface area contributed by atoms with Gasteiger partial charge in [0.05, 0.1) is 18.6 Å². The fourth-order valence-corrected chi connectivity index (χ4v) is 3.17. The highest BCUT2D eigenvalue weighted by molar-refractivity contribution is 5.87. The van der Waals surface area contributed by atoms with Crippen LogP contribution in [-0.4, -0.2) is 59.6 Å². The van der Waals surface area contributed by atoms with Crippen LogP contribution in [-0.2, 0) is 9.59 Å². The normalized spacial score (nSPS) is 20.6. The lowest BCUT2D eigenvalue weighted by molar-refractivity contribution is -0.142. The summed E-state index contributed by atoms with van der Waals surface area (Å²) in [7, 11) is 2.00. The van der Waals surface area contributed by atoms with E-state index in [0.717, 1.165) is 5.56 Å². The summed E-state index contributed by atoms with van der Waals surface area (Å²) >= 11 is 0. The van der Waals surface area contributed by atoms with E-state index < -0.39 is 17.9 Å². The van der Waals surface area contributed by atoms with E-state index in [9.17, 15) is 14.7 Å². The van der Waals surface area contributed by atoms with Crippen molar-refractivity contribution in [3.63, 3.8) is 0 Å². The third-order valence-corrected chi connectivity index (χ3v) is 4.83. The van der Waals surface area contributed by atoms with Gasteiger partial charge in [-0.25, -0.2) is 0 Å². The number of ether oxygens (including phenoxy) is 1. The predicted molar refractivity (Wildman–Crippen MR) is 95.6 cm³/mol. The Morgan fingerprint density at radius 3 is 2.76 bits per heavy atom. The van der Waals surface area contributed by atoms with Crippen molar-refractivity contribution in [3.8, 4) is 5.75 Å². The number of hydrogen-bond donors (Lipinski definition) is 1. The molecule has 1 N–H and O–H groups in total. The third kappa shape index (κ3) is 4.51. The molecule has 0 bridgehead atoms. The number of carboxylic acid groups (broad SMARTS) is 1. The highest BCUT2D eigenvalue weighted by Gasteiger charge is 2.44. The van der Waals surface area contributed by atoms with Gasteiger partial charge >= 0.3 is 5.97 Å². The lowest BCUT2D eigenvalue weighted by Crippen LogP contribution is -2.39. The molecule has 1 aromatic carbocycles. The molecule has 1 saturated heterocycles. The van der Waals surface area contributed by atoms with E-state index in [-0.39, 0.29) is 12.3 Å². The molecule has 0 saturated carbocycles. The minimum absolute atomic E-state index is 0.0459. The van der Waals surface area contributed by atoms with Crippen LogP contribution in [0.5, 0.6) is 5.75 Å². The molecule has 0 radical (unpaired) electrons. The van der Waals surface area contributed by atoms with Crippen LogP contribution in [0.3, 0.4) is 0 Å². The number of carbonyl (C=O) groups excluding carboxylic acids is 1. The fraction of sp³-hybridized carbons (Fsp3) is 0.579. The number of carboxylic acids is 1. The number of carbonyl (C=O) groups is 2. The van der Waals surface area contributed by atoms with E-state index in [1.165, 1.54) is 0 Å². The second kappa shape index (κ2) is 8.34. The molecule has 6 heteroatoms. The van der Waals surface area contributed by atoms with Gasteiger partial charge < -0.3 is 19.6 Å². The van der Waals surface area contributed by atoms with Gasteiger partial charge in [0.15, 0.2) is 0 Å². The minimum atomic E-state index is -0.931. The molecule has 0 aliphatic carbocycles. The summed E-state index contributed by atoms with van der Waals surface area (Å²) in [6, 6.07) is 7.33. The summed E-state index contributed by atoms with van der Waals surface area (Å²) in [6.07, 6.45) is 0.0459. The number of nitrogens with zero attached hydrogens (tertiary/aromatic N) is 2. The van der Waals surface area contributed by atoms with Crippen molar-refractivity contribution >= 4 is 11.9 Å². The van der Waals surface area contributed by atoms with Gasteiger partial charge in [-0.15, -0.1) is 0 Å². The van der Waals surface area contributed by atoms with Gasteiger partial charge in [0.2, 0.25) is 5.91 Å². The number of likely N-dealkylation sites (tertiary alicyclic amines) is 1. The van der Waals surface area contributed by atoms with Gasteiger partial charge in [-0.05, 0) is 45.5 Å². The lowest BCUT2D eigenvalue weighted by Gasteiger charge is -2.30. The van der Waals surface area contributed by atoms with Crippen molar-refractivity contribution in [3.05, 3.63) is 29.8 Å². The second-order valence-electron chi connectivity index (χ2n) is 6.76. The standard InChI is InChI=1S/C19H28N2O4/c1-5-25-15-8-6-7-14(11-15)18-16(19(23)24)12-17(22)21(18)10-9-20(4)13(2)3/h6-8,11,13,16,18H,5,9-10,12H2,1-4H3,(H,23,24)/t16-,18+/m0/s1. The summed E-state index contributed by atoms with van der Waals surface area (Å²) in [4.78, 5) is 28.1. The van der Waals surface area contributed by atoms with Gasteiger partial charge in [0, 0.05) is 25.6 Å². The first-order valence-corrected chi connectivity index (χ1v) is 8.80. The maximum Gasteiger partial charge on any atom is 0.309 e. The maximum absolute atomic E-state index is 12.5. The Balaban J connectivity index is 2.28. The minimum Gasteiger partial charge on any atom is -0.494 e. The molecule has 1 aliphatic heterocycles. The molecule has 0 unspecified atom stereocenters. The summed E-state index contributed by atoms with van der Waals surface area (Å²) in [5.74, 6) is -1.06. The predicted octanol–water partition coefficient (Wildman–Crippen LogP) is 2.40. The van der Waals surface area contributed by atoms with Crippen molar-refractivity contribution in [2.45, 2.75) is 39.3 Å². The van der Waals surface area contributed by atoms with E-state index >= 15 is 0 Å². The average Bonchev–Trinajstić information content (AvgIpc) is 2.90. The smallest absolute Gasteiger partial charge is 0.309 e. The highest BCUT2D eigenvalue weighted by Crippen LogP contribution is 2.39. The molecule has 1 heterocycles. The van der Waals surface area contributed by atoms with E-state index in [1.54, 1.807) is 4.90 Å². The van der Waals surface area contributed by atoms with Crippen LogP contribution in [0.25, 0.3) is 0 Å². The van der Waals surface area contributed by atoms with Crippen LogP contribution < -0.4 is 4.74 Å². The fourth-order valence-electron chi connectivity index (χ4n) is 3.17. The van der Waals surface area contributed by atoms with Crippen LogP contribution in [0.4, 0.5) is 0 Å². The van der Waals surface area contributed by atoms with E-state index in [0.29, 0.717) is 31.5 Å². The van der Waals surface area contributed by atoms with Crippen LogP contribution in [0.15, 0.2) is 24.3 Å². The van der Waals surface area contributed by atoms with Crippen LogP contribution >= 0.6 is 0 Å². The summed E-state index contributed by atoms with van der Waals surface area (Å²) in [5.41, 5.74) is 0.816. The maximum atomic E-state index is 12.5. The molecule has 1 fully saturated rings. The molecular weight excluding hydrogens is 320 g/mol. The first-order valence-electron chi connectivity index (χ1n) is 8.80. The molecule has 1 aromatic rings. The summed E-state index contributed by atoms with van der Waals surface area (Å²) < 4.78 is 5.53. The van der Waals surface area contributed by atoms with Crippen LogP contribution in [0, 0.1) is 5.92 Å². The number of hydrogen-bond acceptors (Lipinski definition) is 4. The number of amides is 1. The molecule has 0 spiro atoms. The summed E-state index contributed by atoms with van der Waals surface area (Å²) in [6.45, 7) is 7.85. The van der Waals surface area contributed by atoms with Crippen molar-refractivity contribution in [1.82, 2.24) is 9.80 Å². The zero-order valence-corrected chi connectivity index (χ0v) is 15.4. The topological polar surface area (TPSA) is 70.1 Å². The van der Waals surface area contributed by atoms with Crippen molar-refractivity contribution in [1.29, 1.82) is 0 Å². The molecular formula is C19H28N2O4. The second-order valence-corrected chi connectivity index (χ2v) is 6.76. The average molecular weight is 348 g/mol. The molecule has 1 aliphatic rings. The van der Waals surface area contributed by atoms with Crippen molar-refractivity contribution in [2.75, 3.05) is 26.7 Å². The Morgan fingerprint density at radius 2 is 2.16 bits per heavy atom. The number of likely N-dealkylation sites (N-methyl/N-ethyl adjacent to an activating group) is 1. The Morgan fingerprint density at radius 1 is 1.44 bits per heavy atom. The molecule has 138 valence electrons. The number of aliphatic carboxylic acids is 1. The SMILES string of the molecule is CCOc1cccc([C@@H]2[C@@H](C(=O)O)CC(=O)N2CCN(C)C(C)C)c1. The van der Waals surface area contributed by atoms with Crippen molar-refractivity contribution < 1.29 is 19.4 Å². The summed E-state index contributed by atoms with van der Waals surface area (Å²) in [5, 5.41) is 9.60. The van der Waals surface area contributed by atoms with Gasteiger partial charge in [0.1, 0.15) is 5.75 Å². The Hall–Kier alpha value is -2.08. The number of rotatable bonds is 8. The number of benzene rings is 1. The first kappa shape index (κ1) is 19.2. The molecule has 6 nitrogen and oxygen atoms in total. The van der Waals surface area contributed by atoms with E-state index in [4.69, 9.17) is 4.74 Å².